The molecule has 0 saturated carbocycles. The number of ether oxygens (including phenoxy) is 1. The van der Waals surface area contributed by atoms with Crippen molar-refractivity contribution in [1.29, 1.82) is 0 Å². The van der Waals surface area contributed by atoms with E-state index in [1.165, 1.54) is 12.1 Å². The predicted octanol–water partition coefficient (Wildman–Crippen LogP) is 4.12. The van der Waals surface area contributed by atoms with E-state index in [9.17, 15) is 19.5 Å². The zero-order valence-electron chi connectivity index (χ0n) is 16.6. The van der Waals surface area contributed by atoms with Crippen LogP contribution < -0.4 is 15.3 Å². The van der Waals surface area contributed by atoms with Crippen LogP contribution in [0.4, 0.5) is 5.69 Å². The van der Waals surface area contributed by atoms with Gasteiger partial charge in [0.05, 0.1) is 12.0 Å². The van der Waals surface area contributed by atoms with Gasteiger partial charge in [0.2, 0.25) is 0 Å². The van der Waals surface area contributed by atoms with E-state index in [0.717, 1.165) is 0 Å². The van der Waals surface area contributed by atoms with Crippen molar-refractivity contribution in [3.05, 3.63) is 94.5 Å². The first-order valence-corrected chi connectivity index (χ1v) is 11.4. The number of hydrogen-bond acceptors (Lipinski definition) is 5. The second kappa shape index (κ2) is 9.51. The highest BCUT2D eigenvalue weighted by Crippen LogP contribution is 2.44. The lowest BCUT2D eigenvalue weighted by Gasteiger charge is -2.19. The fraction of sp³-hybridized carbons (Fsp3) is 0.174. The molecule has 1 unspecified atom stereocenters. The van der Waals surface area contributed by atoms with Crippen molar-refractivity contribution in [3.63, 3.8) is 0 Å². The molecule has 1 atom stereocenters. The number of methoxy groups -OCH3 is 1. The van der Waals surface area contributed by atoms with Crippen molar-refractivity contribution >= 4 is 29.2 Å². The molecular weight excluding hydrogens is 401 g/mol. The van der Waals surface area contributed by atoms with E-state index in [2.05, 4.69) is 0 Å². The maximum Gasteiger partial charge on any atom is 0.269 e. The average Bonchev–Trinajstić information content (AvgIpc) is 2.78. The van der Waals surface area contributed by atoms with Crippen LogP contribution in [0, 0.1) is 10.1 Å². The summed E-state index contributed by atoms with van der Waals surface area (Å²) < 4.78 is 19.4. The first-order chi connectivity index (χ1) is 14.4. The number of carbonyl (C=O) groups excluding carboxylic acids is 1. The highest BCUT2D eigenvalue weighted by atomic mass is 31.2. The van der Waals surface area contributed by atoms with E-state index < -0.39 is 12.1 Å². The first kappa shape index (κ1) is 21.5. The summed E-state index contributed by atoms with van der Waals surface area (Å²) in [4.78, 5) is 22.9. The van der Waals surface area contributed by atoms with Gasteiger partial charge in [0.15, 0.2) is 0 Å². The highest BCUT2D eigenvalue weighted by molar-refractivity contribution is 7.78. The minimum Gasteiger partial charge on any atom is -0.497 e. The van der Waals surface area contributed by atoms with Gasteiger partial charge in [0, 0.05) is 41.7 Å². The van der Waals surface area contributed by atoms with Crippen molar-refractivity contribution in [2.45, 2.75) is 12.8 Å². The molecule has 0 aliphatic rings. The zero-order chi connectivity index (χ0) is 21.6. The van der Waals surface area contributed by atoms with Gasteiger partial charge >= 0.3 is 0 Å². The highest BCUT2D eigenvalue weighted by Gasteiger charge is 2.28. The molecule has 0 bridgehead atoms. The van der Waals surface area contributed by atoms with Crippen molar-refractivity contribution in [1.82, 2.24) is 0 Å². The summed E-state index contributed by atoms with van der Waals surface area (Å²) in [5.41, 5.74) is 0.680. The summed E-state index contributed by atoms with van der Waals surface area (Å²) in [7, 11) is -1.48. The number of hydrogen-bond donors (Lipinski definition) is 0. The first-order valence-electron chi connectivity index (χ1n) is 9.47. The summed E-state index contributed by atoms with van der Waals surface area (Å²) in [6, 6.07) is 22.2. The van der Waals surface area contributed by atoms with Crippen LogP contribution in [0.5, 0.6) is 5.75 Å². The Morgan fingerprint density at radius 3 is 2.27 bits per heavy atom. The lowest BCUT2D eigenvalue weighted by Crippen LogP contribution is -2.20. The minimum atomic E-state index is -3.03. The van der Waals surface area contributed by atoms with Crippen LogP contribution in [0.1, 0.15) is 12.0 Å². The minimum absolute atomic E-state index is 0.0159. The lowest BCUT2D eigenvalue weighted by molar-refractivity contribution is -0.384. The molecule has 6 nitrogen and oxygen atoms in total. The Balaban J connectivity index is 1.79. The second-order valence-electron chi connectivity index (χ2n) is 6.89. The molecule has 0 fully saturated rings. The van der Waals surface area contributed by atoms with Gasteiger partial charge in [-0.2, -0.15) is 0 Å². The third-order valence-electron chi connectivity index (χ3n) is 4.90. The van der Waals surface area contributed by atoms with E-state index in [0.29, 0.717) is 21.9 Å². The van der Waals surface area contributed by atoms with Crippen LogP contribution in [0.2, 0.25) is 0 Å². The molecule has 30 heavy (non-hydrogen) atoms. The molecule has 154 valence electrons. The molecule has 3 aromatic rings. The van der Waals surface area contributed by atoms with Gasteiger partial charge in [-0.15, -0.1) is 0 Å². The molecule has 3 aromatic carbocycles. The van der Waals surface area contributed by atoms with Gasteiger partial charge < -0.3 is 9.30 Å². The summed E-state index contributed by atoms with van der Waals surface area (Å²) in [6.45, 7) is 0. The third-order valence-corrected chi connectivity index (χ3v) is 8.00. The number of Topliss-reactive ketones (excluding diaryl/α,β-unsaturated/α-hetero) is 1. The number of carbonyl (C=O) groups is 1. The Labute approximate surface area is 175 Å². The molecule has 3 rings (SSSR count). The molecule has 0 amide bonds. The van der Waals surface area contributed by atoms with Gasteiger partial charge in [-0.3, -0.25) is 14.9 Å². The van der Waals surface area contributed by atoms with E-state index in [4.69, 9.17) is 4.74 Å². The number of ketones is 1. The molecule has 0 N–H and O–H groups in total. The SMILES string of the molecule is COc1cccc(P(=O)(CCC(=O)Cc2ccc([N+](=O)[O-])cc2)c2ccccc2)c1. The predicted molar refractivity (Wildman–Crippen MR) is 118 cm³/mol. The number of benzene rings is 3. The van der Waals surface area contributed by atoms with E-state index in [-0.39, 0.29) is 30.5 Å². The smallest absolute Gasteiger partial charge is 0.269 e. The zero-order valence-corrected chi connectivity index (χ0v) is 17.5. The normalized spacial score (nSPS) is 12.7. The molecule has 0 saturated heterocycles. The molecule has 0 aromatic heterocycles. The van der Waals surface area contributed by atoms with Crippen molar-refractivity contribution in [3.8, 4) is 5.75 Å². The van der Waals surface area contributed by atoms with Gasteiger partial charge in [-0.1, -0.05) is 54.6 Å². The Morgan fingerprint density at radius 1 is 0.967 bits per heavy atom. The fourth-order valence-electron chi connectivity index (χ4n) is 3.24. The Morgan fingerprint density at radius 2 is 1.63 bits per heavy atom. The maximum atomic E-state index is 14.1. The van der Waals surface area contributed by atoms with Crippen molar-refractivity contribution in [2.75, 3.05) is 13.3 Å². The number of nitro benzene ring substituents is 1. The number of non-ortho nitro benzene ring substituents is 1. The molecule has 7 heteroatoms. The van der Waals surface area contributed by atoms with Gasteiger partial charge in [-0.25, -0.2) is 0 Å². The van der Waals surface area contributed by atoms with Crippen LogP contribution in [0.15, 0.2) is 78.9 Å². The molecule has 0 spiro atoms. The third kappa shape index (κ3) is 5.02. The standard InChI is InChI=1S/C23H22NO5P/c1-29-21-6-5-9-23(17-21)30(28,22-7-3-2-4-8-22)15-14-20(25)16-18-10-12-19(13-11-18)24(26)27/h2-13,17H,14-16H2,1H3. The number of nitrogens with zero attached hydrogens (tertiary/aromatic N) is 1. The largest absolute Gasteiger partial charge is 0.497 e. The number of rotatable bonds is 9. The van der Waals surface area contributed by atoms with Crippen LogP contribution >= 0.6 is 7.14 Å². The molecule has 0 aliphatic heterocycles. The number of nitro groups is 1. The topological polar surface area (TPSA) is 86.5 Å². The average molecular weight is 423 g/mol. The van der Waals surface area contributed by atoms with Crippen molar-refractivity contribution < 1.29 is 19.0 Å². The molecule has 0 aliphatic carbocycles. The molecule has 0 radical (unpaired) electrons. The second-order valence-corrected chi connectivity index (χ2v) is 9.85. The fourth-order valence-corrected chi connectivity index (χ4v) is 5.94. The van der Waals surface area contributed by atoms with Gasteiger partial charge in [0.25, 0.3) is 5.69 Å². The van der Waals surface area contributed by atoms with Crippen LogP contribution in [-0.4, -0.2) is 24.0 Å². The van der Waals surface area contributed by atoms with Gasteiger partial charge in [-0.05, 0) is 17.7 Å². The summed E-state index contributed by atoms with van der Waals surface area (Å²) in [5.74, 6) is 0.545. The Bertz CT molecular complexity index is 1080. The van der Waals surface area contributed by atoms with E-state index in [1.54, 1.807) is 43.5 Å². The van der Waals surface area contributed by atoms with Crippen LogP contribution in [0.25, 0.3) is 0 Å². The van der Waals surface area contributed by atoms with Crippen molar-refractivity contribution in [2.24, 2.45) is 0 Å². The summed E-state index contributed by atoms with van der Waals surface area (Å²) >= 11 is 0. The Hall–Kier alpha value is -3.24. The van der Waals surface area contributed by atoms with Gasteiger partial charge in [0.1, 0.15) is 18.7 Å². The summed E-state index contributed by atoms with van der Waals surface area (Å²) in [5, 5.41) is 12.1. The lowest BCUT2D eigenvalue weighted by atomic mass is 10.1. The molecule has 0 heterocycles. The van der Waals surface area contributed by atoms with Crippen LogP contribution in [0.3, 0.4) is 0 Å². The monoisotopic (exact) mass is 423 g/mol. The maximum absolute atomic E-state index is 14.1. The van der Waals surface area contributed by atoms with E-state index in [1.807, 2.05) is 30.3 Å². The molecular formula is C23H22NO5P. The quantitative estimate of drug-likeness (QED) is 0.294. The summed E-state index contributed by atoms with van der Waals surface area (Å²) in [6.07, 6.45) is 0.487. The van der Waals surface area contributed by atoms with Crippen LogP contribution in [-0.2, 0) is 15.8 Å². The Kier molecular flexibility index (Phi) is 6.80. The van der Waals surface area contributed by atoms with E-state index >= 15 is 0 Å².